The summed E-state index contributed by atoms with van der Waals surface area (Å²) in [6, 6.07) is 3.97. The third-order valence-corrected chi connectivity index (χ3v) is 2.46. The number of hydrogen-bond donors (Lipinski definition) is 0. The van der Waals surface area contributed by atoms with Crippen LogP contribution in [0.4, 0.5) is 10.5 Å². The molecule has 0 aliphatic rings. The number of methoxy groups -OCH3 is 2. The van der Waals surface area contributed by atoms with E-state index in [9.17, 15) is 14.9 Å². The average Bonchev–Trinajstić information content (AvgIpc) is 2.37. The second-order valence-corrected chi connectivity index (χ2v) is 5.35. The van der Waals surface area contributed by atoms with Crippen LogP contribution in [-0.2, 0) is 14.2 Å². The smallest absolute Gasteiger partial charge is 0.428 e. The van der Waals surface area contributed by atoms with Gasteiger partial charge in [0.2, 0.25) is 5.75 Å². The van der Waals surface area contributed by atoms with Crippen LogP contribution in [0.5, 0.6) is 5.75 Å². The Kier molecular flexibility index (Phi) is 5.84. The van der Waals surface area contributed by atoms with Crippen molar-refractivity contribution in [2.24, 2.45) is 0 Å². The van der Waals surface area contributed by atoms with Gasteiger partial charge in [0.15, 0.2) is 6.29 Å². The predicted octanol–water partition coefficient (Wildman–Crippen LogP) is 3.20. The van der Waals surface area contributed by atoms with Gasteiger partial charge in [0.25, 0.3) is 0 Å². The van der Waals surface area contributed by atoms with Gasteiger partial charge < -0.3 is 18.9 Å². The molecule has 0 saturated heterocycles. The van der Waals surface area contributed by atoms with Crippen molar-refractivity contribution in [1.29, 1.82) is 0 Å². The summed E-state index contributed by atoms with van der Waals surface area (Å²) in [6.45, 7) is 4.97. The molecule has 122 valence electrons. The lowest BCUT2D eigenvalue weighted by molar-refractivity contribution is -0.385. The number of ether oxygens (including phenoxy) is 4. The molecular weight excluding hydrogens is 294 g/mol. The van der Waals surface area contributed by atoms with Crippen molar-refractivity contribution in [2.75, 3.05) is 14.2 Å². The molecule has 8 nitrogen and oxygen atoms in total. The minimum absolute atomic E-state index is 0.240. The van der Waals surface area contributed by atoms with E-state index >= 15 is 0 Å². The van der Waals surface area contributed by atoms with Gasteiger partial charge >= 0.3 is 11.8 Å². The molecule has 0 aromatic heterocycles. The molecule has 0 bridgehead atoms. The molecule has 0 spiro atoms. The van der Waals surface area contributed by atoms with Crippen molar-refractivity contribution in [3.63, 3.8) is 0 Å². The maximum Gasteiger partial charge on any atom is 0.514 e. The van der Waals surface area contributed by atoms with Crippen LogP contribution in [-0.4, -0.2) is 30.9 Å². The molecule has 0 unspecified atom stereocenters. The first-order chi connectivity index (χ1) is 10.2. The Bertz CT molecular complexity index is 547. The van der Waals surface area contributed by atoms with E-state index in [0.29, 0.717) is 5.56 Å². The fraction of sp³-hybridized carbons (Fsp3) is 0.500. The molecule has 1 rings (SSSR count). The van der Waals surface area contributed by atoms with Gasteiger partial charge in [0.05, 0.1) is 4.92 Å². The number of nitro groups is 1. The van der Waals surface area contributed by atoms with Crippen molar-refractivity contribution >= 4 is 11.8 Å². The molecule has 0 atom stereocenters. The Morgan fingerprint density at radius 3 is 2.27 bits per heavy atom. The summed E-state index contributed by atoms with van der Waals surface area (Å²) in [5, 5.41) is 11.0. The summed E-state index contributed by atoms with van der Waals surface area (Å²) < 4.78 is 20.1. The van der Waals surface area contributed by atoms with E-state index in [1.54, 1.807) is 20.8 Å². The molecule has 0 saturated carbocycles. The maximum atomic E-state index is 11.7. The number of hydrogen-bond acceptors (Lipinski definition) is 7. The SMILES string of the molecule is COC(OC)c1ccc([N+](=O)[O-])c(OC(=O)OC(C)(C)C)c1. The Labute approximate surface area is 128 Å². The second-order valence-electron chi connectivity index (χ2n) is 5.35. The van der Waals surface area contributed by atoms with E-state index in [-0.39, 0.29) is 11.4 Å². The zero-order valence-electron chi connectivity index (χ0n) is 13.1. The first-order valence-corrected chi connectivity index (χ1v) is 6.42. The lowest BCUT2D eigenvalue weighted by atomic mass is 10.2. The normalized spacial score (nSPS) is 11.4. The van der Waals surface area contributed by atoms with E-state index in [2.05, 4.69) is 0 Å². The highest BCUT2D eigenvalue weighted by atomic mass is 16.7. The fourth-order valence-electron chi connectivity index (χ4n) is 1.64. The zero-order valence-corrected chi connectivity index (χ0v) is 13.1. The number of nitro benzene ring substituents is 1. The minimum Gasteiger partial charge on any atom is -0.428 e. The van der Waals surface area contributed by atoms with Crippen molar-refractivity contribution < 1.29 is 28.7 Å². The first kappa shape index (κ1) is 17.9. The second kappa shape index (κ2) is 7.19. The molecule has 0 aliphatic heterocycles. The summed E-state index contributed by atoms with van der Waals surface area (Å²) in [4.78, 5) is 22.1. The molecule has 0 N–H and O–H groups in total. The van der Waals surface area contributed by atoms with Gasteiger partial charge in [-0.05, 0) is 32.9 Å². The standard InChI is InChI=1S/C14H19NO7/c1-14(2,3)22-13(16)21-11-8-9(12(19-4)20-5)6-7-10(11)15(17)18/h6-8,12H,1-5H3. The van der Waals surface area contributed by atoms with Crippen molar-refractivity contribution in [2.45, 2.75) is 32.7 Å². The van der Waals surface area contributed by atoms with Crippen molar-refractivity contribution in [3.8, 4) is 5.75 Å². The molecule has 22 heavy (non-hydrogen) atoms. The first-order valence-electron chi connectivity index (χ1n) is 6.42. The number of nitrogens with zero attached hydrogens (tertiary/aromatic N) is 1. The van der Waals surface area contributed by atoms with Crippen LogP contribution in [0.3, 0.4) is 0 Å². The molecule has 0 amide bonds. The van der Waals surface area contributed by atoms with Crippen LogP contribution < -0.4 is 4.74 Å². The molecular formula is C14H19NO7. The molecule has 1 aromatic rings. The molecule has 0 heterocycles. The molecule has 1 aromatic carbocycles. The van der Waals surface area contributed by atoms with Gasteiger partial charge in [-0.2, -0.15) is 0 Å². The van der Waals surface area contributed by atoms with E-state index in [1.807, 2.05) is 0 Å². The molecule has 0 aliphatic carbocycles. The number of benzene rings is 1. The van der Waals surface area contributed by atoms with Crippen LogP contribution in [0.15, 0.2) is 18.2 Å². The van der Waals surface area contributed by atoms with E-state index in [4.69, 9.17) is 18.9 Å². The predicted molar refractivity (Wildman–Crippen MR) is 76.7 cm³/mol. The van der Waals surface area contributed by atoms with Gasteiger partial charge in [0, 0.05) is 25.8 Å². The highest BCUT2D eigenvalue weighted by Crippen LogP contribution is 2.32. The minimum atomic E-state index is -1.03. The molecule has 0 radical (unpaired) electrons. The van der Waals surface area contributed by atoms with Gasteiger partial charge in [-0.25, -0.2) is 4.79 Å². The summed E-state index contributed by atoms with van der Waals surface area (Å²) in [7, 11) is 2.84. The summed E-state index contributed by atoms with van der Waals surface area (Å²) in [6.07, 6.45) is -1.76. The van der Waals surface area contributed by atoms with Gasteiger partial charge in [-0.15, -0.1) is 0 Å². The average molecular weight is 313 g/mol. The maximum absolute atomic E-state index is 11.7. The van der Waals surface area contributed by atoms with Crippen molar-refractivity contribution in [1.82, 2.24) is 0 Å². The highest BCUT2D eigenvalue weighted by Gasteiger charge is 2.24. The van der Waals surface area contributed by atoms with E-state index in [0.717, 1.165) is 0 Å². The fourth-order valence-corrected chi connectivity index (χ4v) is 1.64. The van der Waals surface area contributed by atoms with Gasteiger partial charge in [-0.1, -0.05) is 0 Å². The quantitative estimate of drug-likeness (QED) is 0.271. The number of rotatable bonds is 5. The summed E-state index contributed by atoms with van der Waals surface area (Å²) >= 11 is 0. The summed E-state index contributed by atoms with van der Waals surface area (Å²) in [5.74, 6) is -0.240. The molecule has 0 fully saturated rings. The lowest BCUT2D eigenvalue weighted by Gasteiger charge is -2.19. The zero-order chi connectivity index (χ0) is 16.9. The topological polar surface area (TPSA) is 97.1 Å². The Hall–Kier alpha value is -2.19. The Morgan fingerprint density at radius 1 is 1.23 bits per heavy atom. The largest absolute Gasteiger partial charge is 0.514 e. The Balaban J connectivity index is 3.10. The van der Waals surface area contributed by atoms with Crippen LogP contribution in [0, 0.1) is 10.1 Å². The molecule has 8 heteroatoms. The number of carbonyl (C=O) groups is 1. The van der Waals surface area contributed by atoms with E-state index in [1.165, 1.54) is 32.4 Å². The van der Waals surface area contributed by atoms with Crippen LogP contribution in [0.2, 0.25) is 0 Å². The van der Waals surface area contributed by atoms with Crippen LogP contribution in [0.25, 0.3) is 0 Å². The third-order valence-electron chi connectivity index (χ3n) is 2.46. The van der Waals surface area contributed by atoms with Crippen molar-refractivity contribution in [3.05, 3.63) is 33.9 Å². The monoisotopic (exact) mass is 313 g/mol. The van der Waals surface area contributed by atoms with E-state index < -0.39 is 23.0 Å². The number of carbonyl (C=O) groups excluding carboxylic acids is 1. The Morgan fingerprint density at radius 2 is 1.82 bits per heavy atom. The van der Waals surface area contributed by atoms with Crippen LogP contribution in [0.1, 0.15) is 32.6 Å². The van der Waals surface area contributed by atoms with Gasteiger partial charge in [0.1, 0.15) is 5.60 Å². The highest BCUT2D eigenvalue weighted by molar-refractivity contribution is 5.67. The van der Waals surface area contributed by atoms with Gasteiger partial charge in [-0.3, -0.25) is 10.1 Å². The van der Waals surface area contributed by atoms with Crippen LogP contribution >= 0.6 is 0 Å². The third kappa shape index (κ3) is 4.97. The lowest BCUT2D eigenvalue weighted by Crippen LogP contribution is -2.26. The summed E-state index contributed by atoms with van der Waals surface area (Å²) in [5.41, 5.74) is -0.667.